The largest absolute Gasteiger partial charge is 0.484 e. The molecule has 0 saturated heterocycles. The highest BCUT2D eigenvalue weighted by molar-refractivity contribution is 5.66. The van der Waals surface area contributed by atoms with Crippen molar-refractivity contribution in [3.05, 3.63) is 28.8 Å². The molecule has 2 unspecified atom stereocenters. The van der Waals surface area contributed by atoms with E-state index in [4.69, 9.17) is 9.84 Å². The Labute approximate surface area is 113 Å². The van der Waals surface area contributed by atoms with E-state index in [1.807, 2.05) is 26.0 Å². The molecule has 0 aromatic heterocycles. The molecule has 0 saturated carbocycles. The molecule has 1 aliphatic rings. The topological polar surface area (TPSA) is 66.8 Å². The van der Waals surface area contributed by atoms with E-state index < -0.39 is 17.7 Å². The average Bonchev–Trinajstić information content (AvgIpc) is 2.35. The number of carbonyl (C=O) groups is 1. The van der Waals surface area contributed by atoms with Crippen LogP contribution in [0.4, 0.5) is 0 Å². The second-order valence-corrected chi connectivity index (χ2v) is 5.52. The lowest BCUT2D eigenvalue weighted by atomic mass is 9.85. The third-order valence-electron chi connectivity index (χ3n) is 4.05. The fraction of sp³-hybridized carbons (Fsp3) is 0.533. The molecule has 1 heterocycles. The van der Waals surface area contributed by atoms with E-state index in [0.29, 0.717) is 12.8 Å². The van der Waals surface area contributed by atoms with Crippen LogP contribution in [0.25, 0.3) is 0 Å². The summed E-state index contributed by atoms with van der Waals surface area (Å²) < 4.78 is 5.98. The number of aryl methyl sites for hydroxylation is 1. The van der Waals surface area contributed by atoms with E-state index in [2.05, 4.69) is 0 Å². The van der Waals surface area contributed by atoms with Crippen molar-refractivity contribution in [2.45, 2.75) is 51.7 Å². The lowest BCUT2D eigenvalue weighted by Gasteiger charge is -2.40. The van der Waals surface area contributed by atoms with Crippen LogP contribution in [-0.2, 0) is 11.2 Å². The molecular weight excluding hydrogens is 244 g/mol. The number of carboxylic acid groups (broad SMARTS) is 1. The maximum absolute atomic E-state index is 10.7. The van der Waals surface area contributed by atoms with Gasteiger partial charge >= 0.3 is 5.97 Å². The van der Waals surface area contributed by atoms with Crippen molar-refractivity contribution in [3.8, 4) is 5.75 Å². The van der Waals surface area contributed by atoms with Gasteiger partial charge in [-0.25, -0.2) is 0 Å². The van der Waals surface area contributed by atoms with Crippen LogP contribution in [0.3, 0.4) is 0 Å². The summed E-state index contributed by atoms with van der Waals surface area (Å²) in [5.74, 6) is -0.0676. The lowest BCUT2D eigenvalue weighted by molar-refractivity contribution is -0.139. The molecule has 104 valence electrons. The van der Waals surface area contributed by atoms with Gasteiger partial charge in [0.15, 0.2) is 0 Å². The molecule has 0 fully saturated rings. The lowest BCUT2D eigenvalue weighted by Crippen LogP contribution is -2.49. The number of fused-ring (bicyclic) bond motifs is 1. The van der Waals surface area contributed by atoms with Crippen molar-refractivity contribution in [1.82, 2.24) is 0 Å². The molecule has 2 rings (SSSR count). The highest BCUT2D eigenvalue weighted by Gasteiger charge is 2.40. The van der Waals surface area contributed by atoms with Crippen LogP contribution in [0.1, 0.15) is 36.5 Å². The molecule has 0 aliphatic carbocycles. The minimum absolute atomic E-state index is 0.00619. The monoisotopic (exact) mass is 264 g/mol. The Balaban J connectivity index is 2.31. The van der Waals surface area contributed by atoms with Gasteiger partial charge in [0.1, 0.15) is 11.4 Å². The molecule has 4 heteroatoms. The van der Waals surface area contributed by atoms with Crippen molar-refractivity contribution < 1.29 is 19.7 Å². The van der Waals surface area contributed by atoms with Gasteiger partial charge in [0.25, 0.3) is 0 Å². The molecule has 2 N–H and O–H groups in total. The third-order valence-corrected chi connectivity index (χ3v) is 4.05. The highest BCUT2D eigenvalue weighted by Crippen LogP contribution is 2.39. The summed E-state index contributed by atoms with van der Waals surface area (Å²) in [5, 5.41) is 19.0. The minimum Gasteiger partial charge on any atom is -0.484 e. The van der Waals surface area contributed by atoms with Crippen LogP contribution in [0.15, 0.2) is 12.1 Å². The number of hydrogen-bond acceptors (Lipinski definition) is 3. The van der Waals surface area contributed by atoms with Crippen LogP contribution in [0, 0.1) is 13.8 Å². The highest BCUT2D eigenvalue weighted by atomic mass is 16.5. The molecule has 0 amide bonds. The zero-order valence-electron chi connectivity index (χ0n) is 11.6. The zero-order valence-corrected chi connectivity index (χ0v) is 11.6. The summed E-state index contributed by atoms with van der Waals surface area (Å²) >= 11 is 0. The molecule has 0 bridgehead atoms. The van der Waals surface area contributed by atoms with Gasteiger partial charge in [-0.2, -0.15) is 0 Å². The Morgan fingerprint density at radius 2 is 2.16 bits per heavy atom. The van der Waals surface area contributed by atoms with Gasteiger partial charge in [-0.05, 0) is 43.9 Å². The second kappa shape index (κ2) is 4.85. The fourth-order valence-corrected chi connectivity index (χ4v) is 2.45. The van der Waals surface area contributed by atoms with Crippen LogP contribution in [0.2, 0.25) is 0 Å². The van der Waals surface area contributed by atoms with E-state index >= 15 is 0 Å². The van der Waals surface area contributed by atoms with E-state index in [9.17, 15) is 9.90 Å². The van der Waals surface area contributed by atoms with Gasteiger partial charge in [-0.15, -0.1) is 0 Å². The average molecular weight is 264 g/mol. The normalized spacial score (nSPS) is 25.6. The number of ether oxygens (including phenoxy) is 1. The molecule has 1 aliphatic heterocycles. The first kappa shape index (κ1) is 13.9. The second-order valence-electron chi connectivity index (χ2n) is 5.52. The van der Waals surface area contributed by atoms with Crippen LogP contribution >= 0.6 is 0 Å². The number of hydrogen-bond donors (Lipinski definition) is 2. The van der Waals surface area contributed by atoms with Gasteiger partial charge in [0, 0.05) is 12.8 Å². The predicted molar refractivity (Wildman–Crippen MR) is 71.5 cm³/mol. The zero-order chi connectivity index (χ0) is 14.2. The molecule has 1 aromatic carbocycles. The first-order valence-electron chi connectivity index (χ1n) is 6.51. The quantitative estimate of drug-likeness (QED) is 0.878. The number of carboxylic acids is 1. The molecular formula is C15H20O4. The molecule has 19 heavy (non-hydrogen) atoms. The molecule has 0 radical (unpaired) electrons. The van der Waals surface area contributed by atoms with Gasteiger partial charge in [-0.3, -0.25) is 4.79 Å². The SMILES string of the molecule is Cc1ccc2c(c1C)OC(C)(CCC(=O)O)C(O)C2. The van der Waals surface area contributed by atoms with E-state index in [1.54, 1.807) is 6.92 Å². The van der Waals surface area contributed by atoms with E-state index in [1.165, 1.54) is 0 Å². The van der Waals surface area contributed by atoms with Crippen molar-refractivity contribution in [1.29, 1.82) is 0 Å². The van der Waals surface area contributed by atoms with E-state index in [0.717, 1.165) is 22.4 Å². The summed E-state index contributed by atoms with van der Waals surface area (Å²) in [6, 6.07) is 3.99. The molecule has 1 aromatic rings. The van der Waals surface area contributed by atoms with Crippen LogP contribution in [0.5, 0.6) is 5.75 Å². The van der Waals surface area contributed by atoms with Crippen molar-refractivity contribution in [2.24, 2.45) is 0 Å². The van der Waals surface area contributed by atoms with Gasteiger partial charge in [-0.1, -0.05) is 12.1 Å². The summed E-state index contributed by atoms with van der Waals surface area (Å²) in [6.45, 7) is 5.79. The summed E-state index contributed by atoms with van der Waals surface area (Å²) in [7, 11) is 0. The summed E-state index contributed by atoms with van der Waals surface area (Å²) in [5.41, 5.74) is 2.36. The Morgan fingerprint density at radius 1 is 1.47 bits per heavy atom. The number of aliphatic hydroxyl groups excluding tert-OH is 1. The standard InChI is InChI=1S/C15H20O4/c1-9-4-5-11-8-12(16)15(3,7-6-13(17)18)19-14(11)10(9)2/h4-5,12,16H,6-8H2,1-3H3,(H,17,18). The Kier molecular flexibility index (Phi) is 3.54. The first-order chi connectivity index (χ1) is 8.83. The maximum Gasteiger partial charge on any atom is 0.303 e. The minimum atomic E-state index is -0.871. The Hall–Kier alpha value is -1.55. The third kappa shape index (κ3) is 2.59. The smallest absolute Gasteiger partial charge is 0.303 e. The van der Waals surface area contributed by atoms with Gasteiger partial charge in [0.05, 0.1) is 6.10 Å². The van der Waals surface area contributed by atoms with Crippen molar-refractivity contribution >= 4 is 5.97 Å². The molecule has 0 spiro atoms. The Bertz CT molecular complexity index is 509. The molecule has 4 nitrogen and oxygen atoms in total. The summed E-state index contributed by atoms with van der Waals surface area (Å²) in [6.07, 6.45) is 0.123. The van der Waals surface area contributed by atoms with Crippen LogP contribution < -0.4 is 4.74 Å². The summed E-state index contributed by atoms with van der Waals surface area (Å²) in [4.78, 5) is 10.7. The van der Waals surface area contributed by atoms with Crippen LogP contribution in [-0.4, -0.2) is 27.9 Å². The van der Waals surface area contributed by atoms with Gasteiger partial charge in [0.2, 0.25) is 0 Å². The van der Waals surface area contributed by atoms with E-state index in [-0.39, 0.29) is 6.42 Å². The first-order valence-corrected chi connectivity index (χ1v) is 6.51. The van der Waals surface area contributed by atoms with Crippen molar-refractivity contribution in [2.75, 3.05) is 0 Å². The number of aliphatic hydroxyl groups is 1. The number of aliphatic carboxylic acids is 1. The predicted octanol–water partition coefficient (Wildman–Crippen LogP) is 2.22. The van der Waals surface area contributed by atoms with Gasteiger partial charge < -0.3 is 14.9 Å². The fourth-order valence-electron chi connectivity index (χ4n) is 2.45. The number of rotatable bonds is 3. The Morgan fingerprint density at radius 3 is 2.79 bits per heavy atom. The number of benzene rings is 1. The maximum atomic E-state index is 10.7. The van der Waals surface area contributed by atoms with Crippen molar-refractivity contribution in [3.63, 3.8) is 0 Å². The molecule has 2 atom stereocenters.